The summed E-state index contributed by atoms with van der Waals surface area (Å²) in [5, 5.41) is 9.49. The van der Waals surface area contributed by atoms with Gasteiger partial charge in [-0.25, -0.2) is 4.98 Å². The molecule has 0 aromatic carbocycles. The quantitative estimate of drug-likeness (QED) is 0.830. The maximum atomic E-state index is 11.7. The number of thiazole rings is 1. The van der Waals surface area contributed by atoms with E-state index in [4.69, 9.17) is 0 Å². The van der Waals surface area contributed by atoms with Crippen LogP contribution in [0.2, 0.25) is 0 Å². The average Bonchev–Trinajstić information content (AvgIpc) is 3.08. The second-order valence-electron chi connectivity index (χ2n) is 4.01. The van der Waals surface area contributed by atoms with Crippen LogP contribution in [0.4, 0.5) is 0 Å². The monoisotopic (exact) mass is 310 g/mol. The molecule has 0 aliphatic heterocycles. The average molecular weight is 310 g/mol. The van der Waals surface area contributed by atoms with Crippen molar-refractivity contribution in [1.82, 2.24) is 10.3 Å². The molecule has 0 aliphatic rings. The van der Waals surface area contributed by atoms with Gasteiger partial charge in [-0.15, -0.1) is 11.3 Å². The normalized spacial score (nSPS) is 10.2. The minimum Gasteiger partial charge on any atom is -0.469 e. The fourth-order valence-electron chi connectivity index (χ4n) is 1.54. The lowest BCUT2D eigenvalue weighted by molar-refractivity contribution is -0.140. The number of thiophene rings is 1. The minimum atomic E-state index is -0.335. The smallest absolute Gasteiger partial charge is 0.307 e. The van der Waals surface area contributed by atoms with E-state index in [1.807, 2.05) is 22.2 Å². The molecule has 0 spiro atoms. The third-order valence-electron chi connectivity index (χ3n) is 2.54. The van der Waals surface area contributed by atoms with Crippen molar-refractivity contribution in [1.29, 1.82) is 0 Å². The van der Waals surface area contributed by atoms with Crippen molar-refractivity contribution in [2.45, 2.75) is 12.8 Å². The number of amides is 1. The van der Waals surface area contributed by atoms with E-state index >= 15 is 0 Å². The molecule has 1 N–H and O–H groups in total. The van der Waals surface area contributed by atoms with Gasteiger partial charge in [-0.3, -0.25) is 9.59 Å². The van der Waals surface area contributed by atoms with Gasteiger partial charge >= 0.3 is 5.97 Å². The number of esters is 1. The Labute approximate surface area is 124 Å². The number of carbonyl (C=O) groups excluding carboxylic acids is 2. The Balaban J connectivity index is 1.81. The molecular weight excluding hydrogens is 296 g/mol. The van der Waals surface area contributed by atoms with Gasteiger partial charge in [0.15, 0.2) is 0 Å². The van der Waals surface area contributed by atoms with E-state index in [0.717, 1.165) is 16.3 Å². The molecule has 0 atom stereocenters. The fourth-order valence-corrected chi connectivity index (χ4v) is 3.07. The summed E-state index contributed by atoms with van der Waals surface area (Å²) in [5.74, 6) is -0.477. The van der Waals surface area contributed by atoms with Crippen LogP contribution in [0.1, 0.15) is 12.1 Å². The number of hydrogen-bond acceptors (Lipinski definition) is 6. The highest BCUT2D eigenvalue weighted by atomic mass is 32.1. The fraction of sp³-hybridized carbons (Fsp3) is 0.308. The molecule has 0 bridgehead atoms. The van der Waals surface area contributed by atoms with Gasteiger partial charge in [-0.1, -0.05) is 0 Å². The Morgan fingerprint density at radius 3 is 2.95 bits per heavy atom. The molecule has 2 aromatic rings. The second kappa shape index (κ2) is 7.16. The Bertz CT molecular complexity index is 578. The number of methoxy groups -OCH3 is 1. The number of nitrogens with zero attached hydrogens (tertiary/aromatic N) is 1. The number of nitrogens with one attached hydrogen (secondary N) is 1. The predicted octanol–water partition coefficient (Wildman–Crippen LogP) is 2.09. The molecule has 0 unspecified atom stereocenters. The van der Waals surface area contributed by atoms with Gasteiger partial charge in [0.05, 0.1) is 25.6 Å². The molecule has 20 heavy (non-hydrogen) atoms. The first-order chi connectivity index (χ1) is 9.69. The van der Waals surface area contributed by atoms with Crippen molar-refractivity contribution in [2.75, 3.05) is 13.7 Å². The highest BCUT2D eigenvalue weighted by molar-refractivity contribution is 7.14. The molecule has 0 saturated heterocycles. The molecular formula is C13H14N2O3S2. The van der Waals surface area contributed by atoms with Crippen LogP contribution < -0.4 is 5.32 Å². The SMILES string of the molecule is COC(=O)CCNC(=O)Cc1csc(-c2ccsc2)n1. The number of aromatic nitrogens is 1. The summed E-state index contributed by atoms with van der Waals surface area (Å²) < 4.78 is 4.50. The summed E-state index contributed by atoms with van der Waals surface area (Å²) in [5.41, 5.74) is 1.82. The van der Waals surface area contributed by atoms with E-state index in [1.165, 1.54) is 18.4 Å². The summed E-state index contributed by atoms with van der Waals surface area (Å²) in [6, 6.07) is 2.00. The molecule has 0 aliphatic carbocycles. The molecule has 0 fully saturated rings. The Hall–Kier alpha value is -1.73. The Morgan fingerprint density at radius 2 is 2.25 bits per heavy atom. The van der Waals surface area contributed by atoms with E-state index < -0.39 is 0 Å². The van der Waals surface area contributed by atoms with Crippen molar-refractivity contribution in [2.24, 2.45) is 0 Å². The van der Waals surface area contributed by atoms with Crippen LogP contribution in [0.25, 0.3) is 10.6 Å². The van der Waals surface area contributed by atoms with E-state index in [1.54, 1.807) is 11.3 Å². The largest absolute Gasteiger partial charge is 0.469 e. The van der Waals surface area contributed by atoms with Gasteiger partial charge in [-0.05, 0) is 11.4 Å². The van der Waals surface area contributed by atoms with Crippen molar-refractivity contribution >= 4 is 34.6 Å². The first kappa shape index (κ1) is 14.7. The van der Waals surface area contributed by atoms with Crippen LogP contribution in [0.15, 0.2) is 22.2 Å². The van der Waals surface area contributed by atoms with Gasteiger partial charge in [0.1, 0.15) is 5.01 Å². The van der Waals surface area contributed by atoms with Crippen molar-refractivity contribution in [3.63, 3.8) is 0 Å². The molecule has 5 nitrogen and oxygen atoms in total. The van der Waals surface area contributed by atoms with Crippen molar-refractivity contribution < 1.29 is 14.3 Å². The minimum absolute atomic E-state index is 0.143. The highest BCUT2D eigenvalue weighted by Crippen LogP contribution is 2.25. The van der Waals surface area contributed by atoms with Gasteiger partial charge in [0.25, 0.3) is 0 Å². The van der Waals surface area contributed by atoms with Crippen LogP contribution in [0.3, 0.4) is 0 Å². The third kappa shape index (κ3) is 4.14. The molecule has 2 heterocycles. The number of ether oxygens (including phenoxy) is 1. The van der Waals surface area contributed by atoms with Gasteiger partial charge in [0.2, 0.25) is 5.91 Å². The first-order valence-electron chi connectivity index (χ1n) is 5.99. The topological polar surface area (TPSA) is 68.3 Å². The van der Waals surface area contributed by atoms with Crippen LogP contribution in [-0.4, -0.2) is 30.5 Å². The molecule has 106 valence electrons. The second-order valence-corrected chi connectivity index (χ2v) is 5.65. The maximum absolute atomic E-state index is 11.7. The lowest BCUT2D eigenvalue weighted by Crippen LogP contribution is -2.27. The summed E-state index contributed by atoms with van der Waals surface area (Å²) in [6.45, 7) is 0.285. The van der Waals surface area contributed by atoms with E-state index in [9.17, 15) is 9.59 Å². The molecule has 0 saturated carbocycles. The highest BCUT2D eigenvalue weighted by Gasteiger charge is 2.09. The zero-order valence-corrected chi connectivity index (χ0v) is 12.6. The summed E-state index contributed by atoms with van der Waals surface area (Å²) in [6.07, 6.45) is 0.404. The van der Waals surface area contributed by atoms with Crippen molar-refractivity contribution in [3.8, 4) is 10.6 Å². The lowest BCUT2D eigenvalue weighted by atomic mass is 10.3. The Kier molecular flexibility index (Phi) is 5.25. The summed E-state index contributed by atoms with van der Waals surface area (Å²) in [7, 11) is 1.32. The number of carbonyl (C=O) groups is 2. The van der Waals surface area contributed by atoms with Gasteiger partial charge < -0.3 is 10.1 Å². The maximum Gasteiger partial charge on any atom is 0.307 e. The van der Waals surface area contributed by atoms with E-state index in [0.29, 0.717) is 0 Å². The lowest BCUT2D eigenvalue weighted by Gasteiger charge is -2.02. The molecule has 7 heteroatoms. The third-order valence-corrected chi connectivity index (χ3v) is 4.16. The van der Waals surface area contributed by atoms with Crippen LogP contribution in [-0.2, 0) is 20.7 Å². The first-order valence-corrected chi connectivity index (χ1v) is 7.82. The molecule has 1 amide bonds. The standard InChI is InChI=1S/C13H14N2O3S2/c1-18-12(17)2-4-14-11(16)6-10-8-20-13(15-10)9-3-5-19-7-9/h3,5,7-8H,2,4,6H2,1H3,(H,14,16). The zero-order valence-electron chi connectivity index (χ0n) is 10.9. The van der Waals surface area contributed by atoms with Gasteiger partial charge in [0, 0.05) is 22.9 Å². The number of rotatable bonds is 6. The van der Waals surface area contributed by atoms with Crippen LogP contribution >= 0.6 is 22.7 Å². The summed E-state index contributed by atoms with van der Waals surface area (Å²) >= 11 is 3.14. The van der Waals surface area contributed by atoms with Crippen LogP contribution in [0, 0.1) is 0 Å². The van der Waals surface area contributed by atoms with Gasteiger partial charge in [-0.2, -0.15) is 11.3 Å². The van der Waals surface area contributed by atoms with Crippen molar-refractivity contribution in [3.05, 3.63) is 27.9 Å². The molecule has 2 aromatic heterocycles. The van der Waals surface area contributed by atoms with E-state index in [2.05, 4.69) is 15.0 Å². The molecule has 2 rings (SSSR count). The number of hydrogen-bond donors (Lipinski definition) is 1. The Morgan fingerprint density at radius 1 is 1.40 bits per heavy atom. The van der Waals surface area contributed by atoms with Crippen LogP contribution in [0.5, 0.6) is 0 Å². The predicted molar refractivity (Wildman–Crippen MR) is 78.8 cm³/mol. The molecule has 0 radical (unpaired) electrons. The zero-order chi connectivity index (χ0) is 14.4. The van der Waals surface area contributed by atoms with E-state index in [-0.39, 0.29) is 31.3 Å². The summed E-state index contributed by atoms with van der Waals surface area (Å²) in [4.78, 5) is 27.0.